The normalized spacial score (nSPS) is 12.2. The number of carbonyl (C=O) groups is 1. The van der Waals surface area contributed by atoms with Gasteiger partial charge in [-0.3, -0.25) is 0 Å². The molecule has 18 heavy (non-hydrogen) atoms. The summed E-state index contributed by atoms with van der Waals surface area (Å²) in [4.78, 5) is 15.8. The monoisotopic (exact) mass is 271 g/mol. The van der Waals surface area contributed by atoms with Crippen molar-refractivity contribution in [3.63, 3.8) is 0 Å². The summed E-state index contributed by atoms with van der Waals surface area (Å²) in [5.74, 6) is 0.293. The predicted octanol–water partition coefficient (Wildman–Crippen LogP) is 1.31. The largest absolute Gasteiger partial charge is 0.396 e. The minimum atomic E-state index is -0.160. The Labute approximate surface area is 112 Å². The molecule has 1 unspecified atom stereocenters. The number of aliphatic hydroxyl groups excluding tert-OH is 1. The second-order valence-electron chi connectivity index (χ2n) is 4.36. The van der Waals surface area contributed by atoms with Crippen LogP contribution in [0.3, 0.4) is 0 Å². The molecule has 0 aliphatic carbocycles. The van der Waals surface area contributed by atoms with Gasteiger partial charge in [-0.05, 0) is 19.3 Å². The van der Waals surface area contributed by atoms with E-state index in [2.05, 4.69) is 15.6 Å². The van der Waals surface area contributed by atoms with E-state index in [1.807, 2.05) is 19.2 Å². The number of amides is 2. The maximum absolute atomic E-state index is 11.4. The highest BCUT2D eigenvalue weighted by molar-refractivity contribution is 7.09. The zero-order valence-corrected chi connectivity index (χ0v) is 11.7. The Morgan fingerprint density at radius 1 is 1.56 bits per heavy atom. The van der Waals surface area contributed by atoms with Gasteiger partial charge in [0.25, 0.3) is 0 Å². The Morgan fingerprint density at radius 3 is 2.94 bits per heavy atom. The molecule has 0 saturated carbocycles. The maximum Gasteiger partial charge on any atom is 0.314 e. The highest BCUT2D eigenvalue weighted by Gasteiger charge is 2.05. The van der Waals surface area contributed by atoms with Crippen molar-refractivity contribution in [3.8, 4) is 0 Å². The molecule has 0 saturated heterocycles. The molecule has 0 aliphatic heterocycles. The number of aryl methyl sites for hydroxylation is 1. The van der Waals surface area contributed by atoms with E-state index in [1.54, 1.807) is 11.3 Å². The summed E-state index contributed by atoms with van der Waals surface area (Å²) in [6, 6.07) is -0.160. The lowest BCUT2D eigenvalue weighted by Crippen LogP contribution is -2.38. The third-order valence-electron chi connectivity index (χ3n) is 2.57. The second-order valence-corrected chi connectivity index (χ2v) is 5.42. The standard InChI is InChI=1S/C12H21N3O2S/c1-9(4-6-16)7-14-12(17)13-5-3-11-8-18-10(2)15-11/h8-9,16H,3-7H2,1-2H3,(H2,13,14,17). The fourth-order valence-corrected chi connectivity index (χ4v) is 2.13. The zero-order chi connectivity index (χ0) is 13.4. The smallest absolute Gasteiger partial charge is 0.314 e. The first-order valence-electron chi connectivity index (χ1n) is 6.15. The molecule has 2 amide bonds. The number of aromatic nitrogens is 1. The van der Waals surface area contributed by atoms with E-state index in [0.717, 1.165) is 17.1 Å². The summed E-state index contributed by atoms with van der Waals surface area (Å²) >= 11 is 1.62. The van der Waals surface area contributed by atoms with E-state index in [-0.39, 0.29) is 12.6 Å². The summed E-state index contributed by atoms with van der Waals surface area (Å²) in [5, 5.41) is 17.4. The van der Waals surface area contributed by atoms with Crippen LogP contribution in [0.5, 0.6) is 0 Å². The van der Waals surface area contributed by atoms with Crippen LogP contribution >= 0.6 is 11.3 Å². The summed E-state index contributed by atoms with van der Waals surface area (Å²) in [6.07, 6.45) is 1.46. The first kappa shape index (κ1) is 14.9. The average molecular weight is 271 g/mol. The molecule has 0 spiro atoms. The quantitative estimate of drug-likeness (QED) is 0.700. The number of hydrogen-bond acceptors (Lipinski definition) is 4. The number of nitrogens with one attached hydrogen (secondary N) is 2. The molecular formula is C12H21N3O2S. The SMILES string of the molecule is Cc1nc(CCNC(=O)NCC(C)CCO)cs1. The Hall–Kier alpha value is -1.14. The number of nitrogens with zero attached hydrogens (tertiary/aromatic N) is 1. The van der Waals surface area contributed by atoms with Gasteiger partial charge in [-0.2, -0.15) is 0 Å². The van der Waals surface area contributed by atoms with Crippen LogP contribution in [0, 0.1) is 12.8 Å². The van der Waals surface area contributed by atoms with Crippen LogP contribution in [0.25, 0.3) is 0 Å². The third kappa shape index (κ3) is 5.97. The summed E-state index contributed by atoms with van der Waals surface area (Å²) in [6.45, 7) is 5.30. The molecule has 0 radical (unpaired) electrons. The first-order valence-corrected chi connectivity index (χ1v) is 7.03. The fraction of sp³-hybridized carbons (Fsp3) is 0.667. The van der Waals surface area contributed by atoms with Crippen molar-refractivity contribution < 1.29 is 9.90 Å². The number of urea groups is 1. The van der Waals surface area contributed by atoms with E-state index in [1.165, 1.54) is 0 Å². The van der Waals surface area contributed by atoms with E-state index < -0.39 is 0 Å². The van der Waals surface area contributed by atoms with Gasteiger partial charge in [-0.1, -0.05) is 6.92 Å². The Bertz CT molecular complexity index is 368. The van der Waals surface area contributed by atoms with Crippen molar-refractivity contribution in [2.45, 2.75) is 26.7 Å². The van der Waals surface area contributed by atoms with Crippen molar-refractivity contribution in [2.24, 2.45) is 5.92 Å². The van der Waals surface area contributed by atoms with Gasteiger partial charge in [0.15, 0.2) is 0 Å². The Balaban J connectivity index is 2.10. The van der Waals surface area contributed by atoms with Gasteiger partial charge in [0.2, 0.25) is 0 Å². The van der Waals surface area contributed by atoms with Gasteiger partial charge in [0.05, 0.1) is 10.7 Å². The summed E-state index contributed by atoms with van der Waals surface area (Å²) < 4.78 is 0. The van der Waals surface area contributed by atoms with Gasteiger partial charge in [0.1, 0.15) is 0 Å². The highest BCUT2D eigenvalue weighted by Crippen LogP contribution is 2.07. The molecule has 3 N–H and O–H groups in total. The van der Waals surface area contributed by atoms with Crippen LogP contribution < -0.4 is 10.6 Å². The number of aliphatic hydroxyl groups is 1. The summed E-state index contributed by atoms with van der Waals surface area (Å²) in [5.41, 5.74) is 1.02. The fourth-order valence-electron chi connectivity index (χ4n) is 1.48. The van der Waals surface area contributed by atoms with Gasteiger partial charge < -0.3 is 15.7 Å². The van der Waals surface area contributed by atoms with E-state index in [9.17, 15) is 4.79 Å². The van der Waals surface area contributed by atoms with Crippen LogP contribution in [0.1, 0.15) is 24.0 Å². The molecule has 0 aromatic carbocycles. The topological polar surface area (TPSA) is 74.2 Å². The van der Waals surface area contributed by atoms with E-state index in [4.69, 9.17) is 5.11 Å². The Kier molecular flexibility index (Phi) is 6.67. The lowest BCUT2D eigenvalue weighted by atomic mass is 10.1. The van der Waals surface area contributed by atoms with Crippen LogP contribution in [0.2, 0.25) is 0 Å². The van der Waals surface area contributed by atoms with Crippen molar-refractivity contribution >= 4 is 17.4 Å². The molecule has 1 heterocycles. The van der Waals surface area contributed by atoms with Crippen molar-refractivity contribution in [1.82, 2.24) is 15.6 Å². The van der Waals surface area contributed by atoms with Crippen molar-refractivity contribution in [3.05, 3.63) is 16.1 Å². The van der Waals surface area contributed by atoms with Crippen LogP contribution in [-0.4, -0.2) is 35.8 Å². The third-order valence-corrected chi connectivity index (χ3v) is 3.39. The Morgan fingerprint density at radius 2 is 2.33 bits per heavy atom. The van der Waals surface area contributed by atoms with Crippen LogP contribution in [0.15, 0.2) is 5.38 Å². The van der Waals surface area contributed by atoms with Crippen molar-refractivity contribution in [2.75, 3.05) is 19.7 Å². The van der Waals surface area contributed by atoms with Gasteiger partial charge >= 0.3 is 6.03 Å². The molecule has 0 fully saturated rings. The molecule has 102 valence electrons. The second kappa shape index (κ2) is 8.05. The lowest BCUT2D eigenvalue weighted by molar-refractivity contribution is 0.234. The maximum atomic E-state index is 11.4. The first-order chi connectivity index (χ1) is 8.61. The molecule has 5 nitrogen and oxygen atoms in total. The average Bonchev–Trinajstić information content (AvgIpc) is 2.73. The summed E-state index contributed by atoms with van der Waals surface area (Å²) in [7, 11) is 0. The molecule has 6 heteroatoms. The molecule has 1 rings (SSSR count). The zero-order valence-electron chi connectivity index (χ0n) is 10.9. The van der Waals surface area contributed by atoms with Crippen molar-refractivity contribution in [1.29, 1.82) is 0 Å². The molecular weight excluding hydrogens is 250 g/mol. The van der Waals surface area contributed by atoms with Gasteiger partial charge in [-0.25, -0.2) is 9.78 Å². The molecule has 1 atom stereocenters. The molecule has 1 aromatic rings. The molecule has 0 bridgehead atoms. The van der Waals surface area contributed by atoms with Gasteiger partial charge in [-0.15, -0.1) is 11.3 Å². The number of carbonyl (C=O) groups excluding carboxylic acids is 1. The van der Waals surface area contributed by atoms with Gasteiger partial charge in [0, 0.05) is 31.5 Å². The van der Waals surface area contributed by atoms with E-state index in [0.29, 0.717) is 25.4 Å². The predicted molar refractivity (Wildman–Crippen MR) is 72.8 cm³/mol. The lowest BCUT2D eigenvalue weighted by Gasteiger charge is -2.11. The van der Waals surface area contributed by atoms with E-state index >= 15 is 0 Å². The number of thiazole rings is 1. The molecule has 1 aromatic heterocycles. The molecule has 0 aliphatic rings. The highest BCUT2D eigenvalue weighted by atomic mass is 32.1. The van der Waals surface area contributed by atoms with Crippen LogP contribution in [0.4, 0.5) is 4.79 Å². The minimum absolute atomic E-state index is 0.160. The van der Waals surface area contributed by atoms with Crippen LogP contribution in [-0.2, 0) is 6.42 Å². The number of rotatable bonds is 7. The number of hydrogen-bond donors (Lipinski definition) is 3. The minimum Gasteiger partial charge on any atom is -0.396 e.